The number of nitrogens with zero attached hydrogens (tertiary/aromatic N) is 3. The summed E-state index contributed by atoms with van der Waals surface area (Å²) in [4.78, 5) is 8.37. The summed E-state index contributed by atoms with van der Waals surface area (Å²) in [7, 11) is 0. The Morgan fingerprint density at radius 3 is 2.76 bits per heavy atom. The average molecular weight is 280 g/mol. The van der Waals surface area contributed by atoms with E-state index in [0.29, 0.717) is 5.71 Å². The minimum absolute atomic E-state index is 0.218. The molecule has 0 spiro atoms. The van der Waals surface area contributed by atoms with Crippen LogP contribution in [0.5, 0.6) is 0 Å². The van der Waals surface area contributed by atoms with Gasteiger partial charge < -0.3 is 9.84 Å². The number of hydrogen-bond acceptors (Lipinski definition) is 5. The second kappa shape index (κ2) is 4.84. The van der Waals surface area contributed by atoms with Gasteiger partial charge in [-0.3, -0.25) is 0 Å². The summed E-state index contributed by atoms with van der Waals surface area (Å²) >= 11 is 0. The van der Waals surface area contributed by atoms with Gasteiger partial charge in [0.15, 0.2) is 0 Å². The molecule has 5 nitrogen and oxygen atoms in total. The molecule has 106 valence electrons. The van der Waals surface area contributed by atoms with Gasteiger partial charge in [0.05, 0.1) is 6.20 Å². The van der Waals surface area contributed by atoms with E-state index in [-0.39, 0.29) is 5.41 Å². The third kappa shape index (κ3) is 2.05. The van der Waals surface area contributed by atoms with Crippen LogP contribution in [-0.2, 0) is 5.41 Å². The molecule has 0 unspecified atom stereocenters. The van der Waals surface area contributed by atoms with Crippen molar-refractivity contribution in [2.45, 2.75) is 24.7 Å². The van der Waals surface area contributed by atoms with Crippen LogP contribution in [0.1, 0.15) is 24.8 Å². The first kappa shape index (κ1) is 12.3. The largest absolute Gasteiger partial charge is 0.368 e. The lowest BCUT2D eigenvalue weighted by atomic mass is 9.64. The van der Waals surface area contributed by atoms with Gasteiger partial charge in [-0.05, 0) is 18.4 Å². The second-order valence-corrected chi connectivity index (χ2v) is 5.62. The fraction of sp³-hybridized carbons (Fsp3) is 0.312. The Morgan fingerprint density at radius 1 is 1.14 bits per heavy atom. The molecule has 0 aliphatic heterocycles. The monoisotopic (exact) mass is 280 g/mol. The SMILES string of the molecule is c1ccc(C2(CNc3ncnc4oncc34)CCC2)cc1. The van der Waals surface area contributed by atoms with E-state index in [2.05, 4.69) is 50.8 Å². The van der Waals surface area contributed by atoms with E-state index in [1.54, 1.807) is 6.20 Å². The number of hydrogen-bond donors (Lipinski definition) is 1. The third-order valence-corrected chi connectivity index (χ3v) is 4.46. The molecule has 0 amide bonds. The lowest BCUT2D eigenvalue weighted by Gasteiger charge is -2.42. The lowest BCUT2D eigenvalue weighted by Crippen LogP contribution is -2.41. The zero-order valence-corrected chi connectivity index (χ0v) is 11.6. The van der Waals surface area contributed by atoms with Crippen molar-refractivity contribution < 1.29 is 4.52 Å². The highest BCUT2D eigenvalue weighted by Gasteiger charge is 2.38. The molecular formula is C16H16N4O. The Balaban J connectivity index is 1.60. The van der Waals surface area contributed by atoms with E-state index in [9.17, 15) is 0 Å². The average Bonchev–Trinajstić information content (AvgIpc) is 2.96. The highest BCUT2D eigenvalue weighted by atomic mass is 16.5. The molecule has 1 aliphatic rings. The van der Waals surface area contributed by atoms with Gasteiger partial charge in [-0.15, -0.1) is 0 Å². The van der Waals surface area contributed by atoms with Crippen molar-refractivity contribution >= 4 is 16.9 Å². The molecule has 1 aliphatic carbocycles. The topological polar surface area (TPSA) is 63.8 Å². The smallest absolute Gasteiger partial charge is 0.262 e. The van der Waals surface area contributed by atoms with Crippen LogP contribution in [0.2, 0.25) is 0 Å². The van der Waals surface area contributed by atoms with Gasteiger partial charge in [0.2, 0.25) is 0 Å². The number of rotatable bonds is 4. The van der Waals surface area contributed by atoms with Crippen molar-refractivity contribution in [3.8, 4) is 0 Å². The molecule has 2 aromatic heterocycles. The van der Waals surface area contributed by atoms with Crippen LogP contribution in [0.3, 0.4) is 0 Å². The van der Waals surface area contributed by atoms with E-state index in [1.165, 1.54) is 31.2 Å². The van der Waals surface area contributed by atoms with Crippen LogP contribution in [0, 0.1) is 0 Å². The summed E-state index contributed by atoms with van der Waals surface area (Å²) < 4.78 is 5.07. The lowest BCUT2D eigenvalue weighted by molar-refractivity contribution is 0.260. The van der Waals surface area contributed by atoms with Crippen LogP contribution in [0.15, 0.2) is 47.4 Å². The number of fused-ring (bicyclic) bond motifs is 1. The highest BCUT2D eigenvalue weighted by Crippen LogP contribution is 2.43. The van der Waals surface area contributed by atoms with E-state index >= 15 is 0 Å². The number of anilines is 1. The van der Waals surface area contributed by atoms with Gasteiger partial charge >= 0.3 is 0 Å². The maximum atomic E-state index is 5.07. The molecule has 3 aromatic rings. The van der Waals surface area contributed by atoms with Crippen LogP contribution in [-0.4, -0.2) is 21.7 Å². The number of nitrogens with one attached hydrogen (secondary N) is 1. The van der Waals surface area contributed by atoms with Gasteiger partial charge in [0.25, 0.3) is 5.71 Å². The van der Waals surface area contributed by atoms with Crippen LogP contribution >= 0.6 is 0 Å². The Hall–Kier alpha value is -2.43. The summed E-state index contributed by atoms with van der Waals surface area (Å²) in [6.07, 6.45) is 6.87. The fourth-order valence-electron chi connectivity index (χ4n) is 3.05. The highest BCUT2D eigenvalue weighted by molar-refractivity contribution is 5.84. The predicted molar refractivity (Wildman–Crippen MR) is 80.1 cm³/mol. The molecule has 21 heavy (non-hydrogen) atoms. The molecule has 2 heterocycles. The summed E-state index contributed by atoms with van der Waals surface area (Å²) in [5.41, 5.74) is 2.14. The van der Waals surface area contributed by atoms with Crippen molar-refractivity contribution in [3.05, 3.63) is 48.4 Å². The predicted octanol–water partition coefficient (Wildman–Crippen LogP) is 3.15. The molecule has 0 saturated heterocycles. The minimum atomic E-state index is 0.218. The number of aromatic nitrogens is 3. The second-order valence-electron chi connectivity index (χ2n) is 5.62. The standard InChI is InChI=1S/C16H16N4O/c1-2-5-12(6-3-1)16(7-4-8-16)10-17-14-13-9-20-21-15(13)19-11-18-14/h1-3,5-6,9,11H,4,7-8,10H2,(H,17,18,19). The van der Waals surface area contributed by atoms with E-state index in [0.717, 1.165) is 17.7 Å². The van der Waals surface area contributed by atoms with Crippen molar-refractivity contribution in [3.63, 3.8) is 0 Å². The van der Waals surface area contributed by atoms with Crippen LogP contribution in [0.4, 0.5) is 5.82 Å². The summed E-state index contributed by atoms with van der Waals surface area (Å²) in [6, 6.07) is 10.7. The minimum Gasteiger partial charge on any atom is -0.368 e. The zero-order valence-electron chi connectivity index (χ0n) is 11.6. The maximum Gasteiger partial charge on any atom is 0.262 e. The van der Waals surface area contributed by atoms with E-state index in [4.69, 9.17) is 4.52 Å². The first-order chi connectivity index (χ1) is 10.4. The van der Waals surface area contributed by atoms with E-state index in [1.807, 2.05) is 0 Å². The first-order valence-corrected chi connectivity index (χ1v) is 7.22. The summed E-state index contributed by atoms with van der Waals surface area (Å²) in [5.74, 6) is 0.795. The number of benzene rings is 1. The van der Waals surface area contributed by atoms with Crippen molar-refractivity contribution in [2.75, 3.05) is 11.9 Å². The van der Waals surface area contributed by atoms with Gasteiger partial charge in [0, 0.05) is 12.0 Å². The summed E-state index contributed by atoms with van der Waals surface area (Å²) in [6.45, 7) is 0.869. The van der Waals surface area contributed by atoms with E-state index < -0.39 is 0 Å². The molecule has 0 radical (unpaired) electrons. The summed E-state index contributed by atoms with van der Waals surface area (Å²) in [5, 5.41) is 8.08. The molecule has 1 saturated carbocycles. The fourth-order valence-corrected chi connectivity index (χ4v) is 3.05. The van der Waals surface area contributed by atoms with Crippen LogP contribution < -0.4 is 5.32 Å². The molecular weight excluding hydrogens is 264 g/mol. The molecule has 4 rings (SSSR count). The first-order valence-electron chi connectivity index (χ1n) is 7.22. The Bertz CT molecular complexity index is 749. The molecule has 1 fully saturated rings. The molecule has 1 N–H and O–H groups in total. The third-order valence-electron chi connectivity index (χ3n) is 4.46. The molecule has 5 heteroatoms. The van der Waals surface area contributed by atoms with Gasteiger partial charge in [-0.2, -0.15) is 4.98 Å². The van der Waals surface area contributed by atoms with Crippen molar-refractivity contribution in [1.29, 1.82) is 0 Å². The van der Waals surface area contributed by atoms with Crippen molar-refractivity contribution in [1.82, 2.24) is 15.1 Å². The van der Waals surface area contributed by atoms with Gasteiger partial charge in [0.1, 0.15) is 17.5 Å². The maximum absolute atomic E-state index is 5.07. The normalized spacial score (nSPS) is 16.6. The Kier molecular flexibility index (Phi) is 2.84. The Morgan fingerprint density at radius 2 is 2.00 bits per heavy atom. The van der Waals surface area contributed by atoms with Crippen molar-refractivity contribution in [2.24, 2.45) is 0 Å². The molecule has 0 bridgehead atoms. The van der Waals surface area contributed by atoms with Crippen LogP contribution in [0.25, 0.3) is 11.1 Å². The van der Waals surface area contributed by atoms with Gasteiger partial charge in [-0.1, -0.05) is 41.9 Å². The zero-order chi connectivity index (χ0) is 14.1. The molecule has 1 aromatic carbocycles. The van der Waals surface area contributed by atoms with Gasteiger partial charge in [-0.25, -0.2) is 4.98 Å². The Labute approximate surface area is 122 Å². The quantitative estimate of drug-likeness (QED) is 0.795. The molecule has 0 atom stereocenters.